The Balaban J connectivity index is 2.14. The van der Waals surface area contributed by atoms with Gasteiger partial charge in [-0.2, -0.15) is 5.26 Å². The van der Waals surface area contributed by atoms with Gasteiger partial charge in [0.1, 0.15) is 0 Å². The standard InChI is InChI=1S/C10H16N2O/c1-8(2)12-4-9-3-10(5-11,6-12)7-13-9/h8-9H,3-4,6-7H2,1-2H3/t9-,10-/m1/s1. The van der Waals surface area contributed by atoms with Crippen LogP contribution in [-0.4, -0.2) is 36.7 Å². The topological polar surface area (TPSA) is 36.3 Å². The molecule has 0 radical (unpaired) electrons. The maximum absolute atomic E-state index is 9.11. The van der Waals surface area contributed by atoms with E-state index in [1.54, 1.807) is 0 Å². The largest absolute Gasteiger partial charge is 0.375 e. The Hall–Kier alpha value is -0.590. The normalized spacial score (nSPS) is 39.4. The van der Waals surface area contributed by atoms with Gasteiger partial charge in [0.05, 0.1) is 24.2 Å². The van der Waals surface area contributed by atoms with E-state index < -0.39 is 0 Å². The van der Waals surface area contributed by atoms with Crippen molar-refractivity contribution < 1.29 is 4.74 Å². The minimum atomic E-state index is -0.201. The van der Waals surface area contributed by atoms with Crippen LogP contribution in [0.25, 0.3) is 0 Å². The van der Waals surface area contributed by atoms with E-state index in [9.17, 15) is 0 Å². The predicted molar refractivity (Wildman–Crippen MR) is 49.1 cm³/mol. The molecular formula is C10H16N2O. The minimum Gasteiger partial charge on any atom is -0.375 e. The van der Waals surface area contributed by atoms with Crippen LogP contribution in [0.5, 0.6) is 0 Å². The highest BCUT2D eigenvalue weighted by Gasteiger charge is 2.46. The van der Waals surface area contributed by atoms with Crippen LogP contribution in [0.4, 0.5) is 0 Å². The first-order valence-electron chi connectivity index (χ1n) is 4.92. The summed E-state index contributed by atoms with van der Waals surface area (Å²) in [5.74, 6) is 0. The molecule has 0 aromatic heterocycles. The van der Waals surface area contributed by atoms with Gasteiger partial charge >= 0.3 is 0 Å². The van der Waals surface area contributed by atoms with Crippen molar-refractivity contribution in [2.24, 2.45) is 5.41 Å². The SMILES string of the molecule is CC(C)N1C[C@H]2C[C@](C#N)(CO2)C1. The molecule has 0 N–H and O–H groups in total. The first-order chi connectivity index (χ1) is 6.15. The Bertz CT molecular complexity index is 246. The quantitative estimate of drug-likeness (QED) is 0.604. The van der Waals surface area contributed by atoms with Crippen molar-refractivity contribution in [2.75, 3.05) is 19.7 Å². The summed E-state index contributed by atoms with van der Waals surface area (Å²) < 4.78 is 5.59. The van der Waals surface area contributed by atoms with Gasteiger partial charge in [-0.3, -0.25) is 4.90 Å². The highest BCUT2D eigenvalue weighted by molar-refractivity contribution is 5.09. The van der Waals surface area contributed by atoms with Crippen molar-refractivity contribution in [2.45, 2.75) is 32.4 Å². The molecule has 2 rings (SSSR count). The maximum Gasteiger partial charge on any atom is 0.0958 e. The molecule has 0 amide bonds. The average Bonchev–Trinajstić information content (AvgIpc) is 2.42. The van der Waals surface area contributed by atoms with Crippen molar-refractivity contribution in [3.63, 3.8) is 0 Å². The van der Waals surface area contributed by atoms with E-state index in [4.69, 9.17) is 10.00 Å². The summed E-state index contributed by atoms with van der Waals surface area (Å²) in [6, 6.07) is 2.95. The van der Waals surface area contributed by atoms with Crippen molar-refractivity contribution in [1.29, 1.82) is 5.26 Å². The van der Waals surface area contributed by atoms with Gasteiger partial charge in [0, 0.05) is 19.1 Å². The zero-order chi connectivity index (χ0) is 9.47. The van der Waals surface area contributed by atoms with E-state index in [0.29, 0.717) is 18.8 Å². The Morgan fingerprint density at radius 3 is 3.00 bits per heavy atom. The van der Waals surface area contributed by atoms with Crippen molar-refractivity contribution in [3.8, 4) is 6.07 Å². The van der Waals surface area contributed by atoms with Crippen LogP contribution >= 0.6 is 0 Å². The summed E-state index contributed by atoms with van der Waals surface area (Å²) in [4.78, 5) is 2.35. The van der Waals surface area contributed by atoms with Gasteiger partial charge < -0.3 is 4.74 Å². The minimum absolute atomic E-state index is 0.201. The molecule has 0 aromatic carbocycles. The van der Waals surface area contributed by atoms with Gasteiger partial charge in [0.25, 0.3) is 0 Å². The average molecular weight is 180 g/mol. The zero-order valence-electron chi connectivity index (χ0n) is 8.29. The first kappa shape index (κ1) is 8.98. The van der Waals surface area contributed by atoms with Crippen LogP contribution < -0.4 is 0 Å². The molecule has 3 heteroatoms. The number of hydrogen-bond acceptors (Lipinski definition) is 3. The molecule has 3 nitrogen and oxygen atoms in total. The van der Waals surface area contributed by atoms with Gasteiger partial charge in [-0.25, -0.2) is 0 Å². The summed E-state index contributed by atoms with van der Waals surface area (Å²) in [6.07, 6.45) is 1.24. The van der Waals surface area contributed by atoms with E-state index in [-0.39, 0.29) is 5.41 Å². The third-order valence-electron chi connectivity index (χ3n) is 3.13. The molecule has 2 saturated heterocycles. The molecule has 0 spiro atoms. The third kappa shape index (κ3) is 1.45. The Morgan fingerprint density at radius 2 is 2.38 bits per heavy atom. The summed E-state index contributed by atoms with van der Waals surface area (Å²) in [7, 11) is 0. The number of ether oxygens (including phenoxy) is 1. The molecular weight excluding hydrogens is 164 g/mol. The second kappa shape index (κ2) is 2.97. The van der Waals surface area contributed by atoms with Crippen LogP contribution in [-0.2, 0) is 4.74 Å². The molecule has 72 valence electrons. The van der Waals surface area contributed by atoms with Crippen LogP contribution in [0.1, 0.15) is 20.3 Å². The molecule has 2 heterocycles. The van der Waals surface area contributed by atoms with Crippen molar-refractivity contribution in [1.82, 2.24) is 4.90 Å². The van der Waals surface area contributed by atoms with Crippen LogP contribution in [0.2, 0.25) is 0 Å². The Kier molecular flexibility index (Phi) is 2.05. The maximum atomic E-state index is 9.11. The summed E-state index contributed by atoms with van der Waals surface area (Å²) in [6.45, 7) is 6.88. The molecule has 0 unspecified atom stereocenters. The Labute approximate surface area is 79.3 Å². The lowest BCUT2D eigenvalue weighted by molar-refractivity contribution is 0.0704. The summed E-state index contributed by atoms with van der Waals surface area (Å²) in [5, 5.41) is 9.11. The number of hydrogen-bond donors (Lipinski definition) is 0. The second-order valence-electron chi connectivity index (χ2n) is 4.55. The van der Waals surface area contributed by atoms with E-state index in [0.717, 1.165) is 19.5 Å². The zero-order valence-corrected chi connectivity index (χ0v) is 8.29. The van der Waals surface area contributed by atoms with Crippen LogP contribution in [0.3, 0.4) is 0 Å². The molecule has 2 aliphatic heterocycles. The number of rotatable bonds is 1. The van der Waals surface area contributed by atoms with Crippen LogP contribution in [0, 0.1) is 16.7 Å². The Morgan fingerprint density at radius 1 is 1.62 bits per heavy atom. The molecule has 0 saturated carbocycles. The lowest BCUT2D eigenvalue weighted by atomic mass is 9.83. The second-order valence-corrected chi connectivity index (χ2v) is 4.55. The molecule has 2 fully saturated rings. The predicted octanol–water partition coefficient (Wildman–Crippen LogP) is 1.01. The highest BCUT2D eigenvalue weighted by atomic mass is 16.5. The van der Waals surface area contributed by atoms with Crippen LogP contribution in [0.15, 0.2) is 0 Å². The van der Waals surface area contributed by atoms with E-state index in [1.807, 2.05) is 0 Å². The van der Waals surface area contributed by atoms with Gasteiger partial charge in [0.15, 0.2) is 0 Å². The highest BCUT2D eigenvalue weighted by Crippen LogP contribution is 2.38. The smallest absolute Gasteiger partial charge is 0.0958 e. The lowest BCUT2D eigenvalue weighted by Crippen LogP contribution is -2.47. The van der Waals surface area contributed by atoms with Crippen molar-refractivity contribution >= 4 is 0 Å². The number of likely N-dealkylation sites (tertiary alicyclic amines) is 1. The summed E-state index contributed by atoms with van der Waals surface area (Å²) >= 11 is 0. The molecule has 0 aliphatic carbocycles. The molecule has 2 bridgehead atoms. The van der Waals surface area contributed by atoms with Gasteiger partial charge in [-0.05, 0) is 20.3 Å². The monoisotopic (exact) mass is 180 g/mol. The summed E-state index contributed by atoms with van der Waals surface area (Å²) in [5.41, 5.74) is -0.201. The number of fused-ring (bicyclic) bond motifs is 2. The fourth-order valence-corrected chi connectivity index (χ4v) is 2.28. The fraction of sp³-hybridized carbons (Fsp3) is 0.900. The fourth-order valence-electron chi connectivity index (χ4n) is 2.28. The van der Waals surface area contributed by atoms with E-state index >= 15 is 0 Å². The van der Waals surface area contributed by atoms with E-state index in [1.165, 1.54) is 0 Å². The molecule has 13 heavy (non-hydrogen) atoms. The van der Waals surface area contributed by atoms with Gasteiger partial charge in [0.2, 0.25) is 0 Å². The molecule has 2 aliphatic rings. The number of nitriles is 1. The lowest BCUT2D eigenvalue weighted by Gasteiger charge is -2.36. The van der Waals surface area contributed by atoms with Crippen molar-refractivity contribution in [3.05, 3.63) is 0 Å². The number of nitrogens with zero attached hydrogens (tertiary/aromatic N) is 2. The van der Waals surface area contributed by atoms with E-state index in [2.05, 4.69) is 24.8 Å². The number of piperidine rings is 1. The van der Waals surface area contributed by atoms with Gasteiger partial charge in [-0.15, -0.1) is 0 Å². The molecule has 0 aromatic rings. The van der Waals surface area contributed by atoms with Gasteiger partial charge in [-0.1, -0.05) is 0 Å². The first-order valence-corrected chi connectivity index (χ1v) is 4.92. The molecule has 2 atom stereocenters. The third-order valence-corrected chi connectivity index (χ3v) is 3.13.